The summed E-state index contributed by atoms with van der Waals surface area (Å²) in [5.41, 5.74) is 0.688. The van der Waals surface area contributed by atoms with Gasteiger partial charge in [-0.15, -0.1) is 0 Å². The summed E-state index contributed by atoms with van der Waals surface area (Å²) >= 11 is 2.98. The van der Waals surface area contributed by atoms with Gasteiger partial charge in [0.2, 0.25) is 5.39 Å². The van der Waals surface area contributed by atoms with Gasteiger partial charge in [0.1, 0.15) is 4.90 Å². The van der Waals surface area contributed by atoms with Crippen molar-refractivity contribution in [2.45, 2.75) is 11.8 Å². The number of benzene rings is 1. The van der Waals surface area contributed by atoms with E-state index in [4.69, 9.17) is 9.95 Å². The van der Waals surface area contributed by atoms with Crippen LogP contribution in [0.3, 0.4) is 0 Å². The Hall–Kier alpha value is -0.490. The fraction of sp³-hybridized carbons (Fsp3) is 0.143. The van der Waals surface area contributed by atoms with Crippen LogP contribution < -0.4 is 17.0 Å². The van der Waals surface area contributed by atoms with Crippen LogP contribution in [0.25, 0.3) is 4.98 Å². The summed E-state index contributed by atoms with van der Waals surface area (Å²) in [5.74, 6) is 0. The van der Waals surface area contributed by atoms with Gasteiger partial charge in [-0.2, -0.15) is 8.42 Å². The first kappa shape index (κ1) is 14.5. The molecule has 0 saturated heterocycles. The molecule has 0 aromatic heterocycles. The topological polar surface area (TPSA) is 82.5 Å². The van der Waals surface area contributed by atoms with Crippen molar-refractivity contribution in [1.29, 1.82) is 5.39 Å². The van der Waals surface area contributed by atoms with E-state index >= 15 is 0 Å². The first-order chi connectivity index (χ1) is 6.36. The lowest BCUT2D eigenvalue weighted by molar-refractivity contribution is -0.00000719. The van der Waals surface area contributed by atoms with Crippen LogP contribution in [0, 0.1) is 12.3 Å². The van der Waals surface area contributed by atoms with Gasteiger partial charge >= 0.3 is 5.69 Å². The van der Waals surface area contributed by atoms with Gasteiger partial charge in [-0.1, -0.05) is 0 Å². The van der Waals surface area contributed by atoms with Crippen molar-refractivity contribution in [3.63, 3.8) is 0 Å². The minimum atomic E-state index is -4.30. The summed E-state index contributed by atoms with van der Waals surface area (Å²) < 4.78 is 30.7. The van der Waals surface area contributed by atoms with Crippen LogP contribution in [0.4, 0.5) is 5.69 Å². The predicted molar refractivity (Wildman–Crippen MR) is 53.4 cm³/mol. The molecule has 82 valence electrons. The quantitative estimate of drug-likeness (QED) is 0.542. The Kier molecular flexibility index (Phi) is 4.86. The second-order valence-electron chi connectivity index (χ2n) is 2.64. The predicted octanol–water partition coefficient (Wildman–Crippen LogP) is -0.507. The molecule has 0 aliphatic carbocycles. The number of hydrogen-bond donors (Lipinski definition) is 1. The SMILES string of the molecule is Cc1cc(Br)c(S(=O)(=O)O)cc1[N+]#N.[Br-]. The molecule has 1 N–H and O–H groups in total. The average Bonchev–Trinajstić information content (AvgIpc) is 2.02. The molecule has 0 aliphatic rings. The van der Waals surface area contributed by atoms with Crippen LogP contribution in [-0.4, -0.2) is 13.0 Å². The minimum Gasteiger partial charge on any atom is -1.00 e. The Morgan fingerprint density at radius 2 is 2.00 bits per heavy atom. The molecule has 1 rings (SSSR count). The summed E-state index contributed by atoms with van der Waals surface area (Å²) in [6.07, 6.45) is 0. The highest BCUT2D eigenvalue weighted by Crippen LogP contribution is 2.29. The lowest BCUT2D eigenvalue weighted by Crippen LogP contribution is -3.00. The molecule has 0 amide bonds. The van der Waals surface area contributed by atoms with Crippen molar-refractivity contribution in [2.24, 2.45) is 0 Å². The van der Waals surface area contributed by atoms with Crippen molar-refractivity contribution in [3.05, 3.63) is 27.1 Å². The maximum atomic E-state index is 10.8. The molecule has 1 aromatic carbocycles. The third-order valence-electron chi connectivity index (χ3n) is 1.64. The van der Waals surface area contributed by atoms with Gasteiger partial charge in [0.15, 0.2) is 4.98 Å². The van der Waals surface area contributed by atoms with Crippen LogP contribution in [0.15, 0.2) is 21.5 Å². The molecule has 0 fully saturated rings. The number of diazo groups is 1. The van der Waals surface area contributed by atoms with Crippen molar-refractivity contribution >= 4 is 31.7 Å². The highest BCUT2D eigenvalue weighted by Gasteiger charge is 2.21. The van der Waals surface area contributed by atoms with E-state index in [9.17, 15) is 8.42 Å². The molecule has 0 aliphatic heterocycles. The Morgan fingerprint density at radius 1 is 1.47 bits per heavy atom. The summed E-state index contributed by atoms with van der Waals surface area (Å²) in [6, 6.07) is 2.52. The number of hydrogen-bond acceptors (Lipinski definition) is 3. The first-order valence-corrected chi connectivity index (χ1v) is 5.72. The van der Waals surface area contributed by atoms with E-state index in [2.05, 4.69) is 20.9 Å². The maximum absolute atomic E-state index is 10.8. The van der Waals surface area contributed by atoms with E-state index in [1.54, 1.807) is 6.92 Å². The van der Waals surface area contributed by atoms with Crippen molar-refractivity contribution in [3.8, 4) is 0 Å². The van der Waals surface area contributed by atoms with Crippen LogP contribution in [0.1, 0.15) is 5.56 Å². The summed E-state index contributed by atoms with van der Waals surface area (Å²) in [4.78, 5) is 2.57. The van der Waals surface area contributed by atoms with Gasteiger partial charge in [-0.3, -0.25) is 4.55 Å². The number of nitrogens with zero attached hydrogens (tertiary/aromatic N) is 2. The largest absolute Gasteiger partial charge is 1.00 e. The number of halogens is 2. The van der Waals surface area contributed by atoms with E-state index in [0.29, 0.717) is 5.56 Å². The highest BCUT2D eigenvalue weighted by atomic mass is 79.9. The minimum absolute atomic E-state index is 0. The molecule has 0 unspecified atom stereocenters. The Bertz CT molecular complexity index is 522. The van der Waals surface area contributed by atoms with E-state index in [1.807, 2.05) is 0 Å². The molecule has 0 heterocycles. The van der Waals surface area contributed by atoms with Gasteiger partial charge < -0.3 is 17.0 Å². The van der Waals surface area contributed by atoms with Crippen molar-refractivity contribution in [1.82, 2.24) is 0 Å². The van der Waals surface area contributed by atoms with Gasteiger partial charge in [0.05, 0.1) is 6.07 Å². The molecular weight excluding hydrogens is 352 g/mol. The lowest BCUT2D eigenvalue weighted by Gasteiger charge is -1.99. The third kappa shape index (κ3) is 3.24. The molecule has 0 atom stereocenters. The second-order valence-corrected chi connectivity index (χ2v) is 4.89. The van der Waals surface area contributed by atoms with Crippen molar-refractivity contribution in [2.75, 3.05) is 0 Å². The molecular formula is C7H6Br2N2O3S. The smallest absolute Gasteiger partial charge is 0.389 e. The normalized spacial score (nSPS) is 10.3. The fourth-order valence-corrected chi connectivity index (χ4v) is 2.58. The van der Waals surface area contributed by atoms with Crippen LogP contribution in [0.2, 0.25) is 0 Å². The highest BCUT2D eigenvalue weighted by molar-refractivity contribution is 9.10. The number of rotatable bonds is 1. The molecule has 0 radical (unpaired) electrons. The van der Waals surface area contributed by atoms with E-state index in [-0.39, 0.29) is 32.0 Å². The Morgan fingerprint density at radius 3 is 2.40 bits per heavy atom. The van der Waals surface area contributed by atoms with Crippen LogP contribution in [0.5, 0.6) is 0 Å². The van der Waals surface area contributed by atoms with E-state index in [0.717, 1.165) is 6.07 Å². The average molecular weight is 358 g/mol. The van der Waals surface area contributed by atoms with Crippen LogP contribution in [-0.2, 0) is 10.1 Å². The van der Waals surface area contributed by atoms with Crippen LogP contribution >= 0.6 is 15.9 Å². The zero-order valence-corrected chi connectivity index (χ0v) is 11.5. The summed E-state index contributed by atoms with van der Waals surface area (Å²) in [5, 5.41) is 8.53. The number of aryl methyl sites for hydroxylation is 1. The molecule has 0 spiro atoms. The summed E-state index contributed by atoms with van der Waals surface area (Å²) in [7, 11) is -4.30. The fourth-order valence-electron chi connectivity index (χ4n) is 0.948. The van der Waals surface area contributed by atoms with Gasteiger partial charge in [-0.05, 0) is 28.9 Å². The zero-order valence-electron chi connectivity index (χ0n) is 7.48. The molecule has 0 saturated carbocycles. The van der Waals surface area contributed by atoms with Gasteiger partial charge in [0.25, 0.3) is 10.1 Å². The molecule has 1 aromatic rings. The monoisotopic (exact) mass is 356 g/mol. The van der Waals surface area contributed by atoms with E-state index in [1.165, 1.54) is 6.07 Å². The Balaban J connectivity index is 0.00000196. The molecule has 5 nitrogen and oxygen atoms in total. The molecule has 8 heteroatoms. The zero-order chi connectivity index (χ0) is 10.9. The summed E-state index contributed by atoms with van der Waals surface area (Å²) in [6.45, 7) is 1.65. The van der Waals surface area contributed by atoms with Gasteiger partial charge in [-0.25, -0.2) is 0 Å². The third-order valence-corrected chi connectivity index (χ3v) is 3.45. The molecule has 15 heavy (non-hydrogen) atoms. The second kappa shape index (κ2) is 5.03. The standard InChI is InChI=1S/C7H5BrN2O3S.BrH/c1-4-2-5(8)7(14(11,12)13)3-6(4)10-9;/h2-3H,1H3;1H. The Labute approximate surface area is 106 Å². The van der Waals surface area contributed by atoms with Crippen molar-refractivity contribution < 1.29 is 30.0 Å². The van der Waals surface area contributed by atoms with E-state index < -0.39 is 10.1 Å². The van der Waals surface area contributed by atoms with Gasteiger partial charge in [0, 0.05) is 10.0 Å². The lowest BCUT2D eigenvalue weighted by atomic mass is 10.2. The first-order valence-electron chi connectivity index (χ1n) is 3.49. The molecule has 0 bridgehead atoms. The maximum Gasteiger partial charge on any atom is 0.389 e.